The third-order valence-electron chi connectivity index (χ3n) is 3.02. The molecular formula is C11H19N3O4. The van der Waals surface area contributed by atoms with Gasteiger partial charge in [-0.2, -0.15) is 0 Å². The second-order valence-corrected chi connectivity index (χ2v) is 4.82. The molecule has 2 amide bonds. The fourth-order valence-electron chi connectivity index (χ4n) is 1.53. The smallest absolute Gasteiger partial charge is 0.310 e. The van der Waals surface area contributed by atoms with Gasteiger partial charge in [-0.05, 0) is 5.92 Å². The highest BCUT2D eigenvalue weighted by atomic mass is 16.4. The van der Waals surface area contributed by atoms with Gasteiger partial charge in [-0.15, -0.1) is 0 Å². The van der Waals surface area contributed by atoms with Crippen molar-refractivity contribution in [1.82, 2.24) is 10.2 Å². The van der Waals surface area contributed by atoms with E-state index in [1.54, 1.807) is 0 Å². The van der Waals surface area contributed by atoms with Crippen LogP contribution >= 0.6 is 0 Å². The number of carbonyl (C=O) groups excluding carboxylic acids is 2. The third-order valence-corrected chi connectivity index (χ3v) is 3.02. The van der Waals surface area contributed by atoms with Crippen LogP contribution in [0.1, 0.15) is 13.8 Å². The maximum absolute atomic E-state index is 11.6. The predicted molar refractivity (Wildman–Crippen MR) is 63.5 cm³/mol. The molecule has 0 spiro atoms. The van der Waals surface area contributed by atoms with E-state index in [0.717, 1.165) is 0 Å². The number of rotatable bonds is 5. The SMILES string of the molecule is CC(C)[C@H](N)C(=O)NCC(=O)N1CC(C(=O)O)C1. The summed E-state index contributed by atoms with van der Waals surface area (Å²) in [6.07, 6.45) is 0. The first-order valence-corrected chi connectivity index (χ1v) is 5.86. The number of nitrogens with two attached hydrogens (primary N) is 1. The number of aliphatic carboxylic acids is 1. The van der Waals surface area contributed by atoms with E-state index in [-0.39, 0.29) is 37.4 Å². The van der Waals surface area contributed by atoms with Crippen LogP contribution < -0.4 is 11.1 Å². The summed E-state index contributed by atoms with van der Waals surface area (Å²) in [5, 5.41) is 11.1. The number of hydrogen-bond donors (Lipinski definition) is 3. The highest BCUT2D eigenvalue weighted by Gasteiger charge is 2.35. The quantitative estimate of drug-likeness (QED) is 0.562. The van der Waals surface area contributed by atoms with Crippen LogP contribution in [0.4, 0.5) is 0 Å². The molecule has 0 bridgehead atoms. The van der Waals surface area contributed by atoms with Crippen LogP contribution in [0.15, 0.2) is 0 Å². The molecule has 18 heavy (non-hydrogen) atoms. The number of carboxylic acids is 1. The van der Waals surface area contributed by atoms with Gasteiger partial charge in [0.1, 0.15) is 0 Å². The van der Waals surface area contributed by atoms with Crippen LogP contribution in [0.5, 0.6) is 0 Å². The van der Waals surface area contributed by atoms with E-state index in [1.165, 1.54) is 4.90 Å². The molecule has 0 saturated carbocycles. The first-order valence-electron chi connectivity index (χ1n) is 5.86. The van der Waals surface area contributed by atoms with Crippen molar-refractivity contribution in [3.8, 4) is 0 Å². The molecule has 0 unspecified atom stereocenters. The number of nitrogens with zero attached hydrogens (tertiary/aromatic N) is 1. The van der Waals surface area contributed by atoms with Crippen molar-refractivity contribution >= 4 is 17.8 Å². The van der Waals surface area contributed by atoms with Crippen LogP contribution in [-0.4, -0.2) is 53.5 Å². The van der Waals surface area contributed by atoms with Crippen LogP contribution in [0.3, 0.4) is 0 Å². The van der Waals surface area contributed by atoms with Gasteiger partial charge >= 0.3 is 5.97 Å². The lowest BCUT2D eigenvalue weighted by Gasteiger charge is -2.36. The monoisotopic (exact) mass is 257 g/mol. The lowest BCUT2D eigenvalue weighted by atomic mass is 10.0. The predicted octanol–water partition coefficient (Wildman–Crippen LogP) is -1.37. The molecule has 102 valence electrons. The Kier molecular flexibility index (Phi) is 4.66. The Bertz CT molecular complexity index is 350. The minimum atomic E-state index is -0.898. The molecule has 1 heterocycles. The molecule has 0 aromatic rings. The third kappa shape index (κ3) is 3.43. The summed E-state index contributed by atoms with van der Waals surface area (Å²) in [5.74, 6) is -2.03. The second-order valence-electron chi connectivity index (χ2n) is 4.82. The van der Waals surface area contributed by atoms with Crippen LogP contribution in [0.2, 0.25) is 0 Å². The number of carbonyl (C=O) groups is 3. The van der Waals surface area contributed by atoms with Crippen LogP contribution in [-0.2, 0) is 14.4 Å². The van der Waals surface area contributed by atoms with E-state index in [0.29, 0.717) is 0 Å². The molecule has 1 aliphatic heterocycles. The molecule has 1 aliphatic rings. The standard InChI is InChI=1S/C11H19N3O4/c1-6(2)9(12)10(16)13-3-8(15)14-4-7(5-14)11(17)18/h6-7,9H,3-5,12H2,1-2H3,(H,13,16)(H,17,18)/t9-/m0/s1. The number of nitrogens with one attached hydrogen (secondary N) is 1. The molecule has 1 fully saturated rings. The van der Waals surface area contributed by atoms with E-state index in [4.69, 9.17) is 10.8 Å². The summed E-state index contributed by atoms with van der Waals surface area (Å²) in [7, 11) is 0. The zero-order valence-corrected chi connectivity index (χ0v) is 10.5. The second kappa shape index (κ2) is 5.81. The fraction of sp³-hybridized carbons (Fsp3) is 0.727. The topological polar surface area (TPSA) is 113 Å². The van der Waals surface area contributed by atoms with Gasteiger partial charge in [0.05, 0.1) is 18.5 Å². The zero-order valence-electron chi connectivity index (χ0n) is 10.5. The average molecular weight is 257 g/mol. The summed E-state index contributed by atoms with van der Waals surface area (Å²) in [6, 6.07) is -0.638. The molecular weight excluding hydrogens is 238 g/mol. The molecule has 4 N–H and O–H groups in total. The molecule has 1 atom stereocenters. The molecule has 0 aliphatic carbocycles. The van der Waals surface area contributed by atoms with Gasteiger partial charge in [0, 0.05) is 13.1 Å². The summed E-state index contributed by atoms with van der Waals surface area (Å²) >= 11 is 0. The van der Waals surface area contributed by atoms with Crippen LogP contribution in [0.25, 0.3) is 0 Å². The summed E-state index contributed by atoms with van der Waals surface area (Å²) in [5.41, 5.74) is 5.62. The van der Waals surface area contributed by atoms with E-state index in [1.807, 2.05) is 13.8 Å². The number of likely N-dealkylation sites (tertiary alicyclic amines) is 1. The summed E-state index contributed by atoms with van der Waals surface area (Å²) < 4.78 is 0. The Hall–Kier alpha value is -1.63. The highest BCUT2D eigenvalue weighted by molar-refractivity contribution is 5.88. The maximum atomic E-state index is 11.6. The van der Waals surface area contributed by atoms with Crippen molar-refractivity contribution in [2.24, 2.45) is 17.6 Å². The Morgan fingerprint density at radius 2 is 1.94 bits per heavy atom. The molecule has 0 aromatic heterocycles. The van der Waals surface area contributed by atoms with E-state index in [2.05, 4.69) is 5.32 Å². The highest BCUT2D eigenvalue weighted by Crippen LogP contribution is 2.15. The van der Waals surface area contributed by atoms with Gasteiger partial charge < -0.3 is 21.1 Å². The number of carboxylic acid groups (broad SMARTS) is 1. The average Bonchev–Trinajstić information content (AvgIpc) is 2.21. The Labute approximate surface area is 105 Å². The molecule has 1 saturated heterocycles. The van der Waals surface area contributed by atoms with Crippen molar-refractivity contribution in [3.63, 3.8) is 0 Å². The molecule has 1 rings (SSSR count). The van der Waals surface area contributed by atoms with Crippen molar-refractivity contribution in [2.75, 3.05) is 19.6 Å². The van der Waals surface area contributed by atoms with Gasteiger partial charge in [-0.25, -0.2) is 0 Å². The zero-order chi connectivity index (χ0) is 13.9. The van der Waals surface area contributed by atoms with E-state index in [9.17, 15) is 14.4 Å². The lowest BCUT2D eigenvalue weighted by molar-refractivity contribution is -0.152. The van der Waals surface area contributed by atoms with Crippen molar-refractivity contribution in [1.29, 1.82) is 0 Å². The Balaban J connectivity index is 2.27. The number of amides is 2. The molecule has 7 nitrogen and oxygen atoms in total. The van der Waals surface area contributed by atoms with E-state index >= 15 is 0 Å². The van der Waals surface area contributed by atoms with E-state index < -0.39 is 17.9 Å². The summed E-state index contributed by atoms with van der Waals surface area (Å²) in [4.78, 5) is 35.0. The van der Waals surface area contributed by atoms with Gasteiger partial charge in [-0.1, -0.05) is 13.8 Å². The number of hydrogen-bond acceptors (Lipinski definition) is 4. The van der Waals surface area contributed by atoms with Gasteiger partial charge in [0.15, 0.2) is 0 Å². The van der Waals surface area contributed by atoms with Crippen molar-refractivity contribution in [3.05, 3.63) is 0 Å². The van der Waals surface area contributed by atoms with Gasteiger partial charge in [0.2, 0.25) is 11.8 Å². The van der Waals surface area contributed by atoms with Gasteiger partial charge in [-0.3, -0.25) is 14.4 Å². The largest absolute Gasteiger partial charge is 0.481 e. The lowest BCUT2D eigenvalue weighted by Crippen LogP contribution is -2.56. The Morgan fingerprint density at radius 1 is 1.39 bits per heavy atom. The Morgan fingerprint density at radius 3 is 2.39 bits per heavy atom. The first-order chi connectivity index (χ1) is 8.32. The van der Waals surface area contributed by atoms with Crippen molar-refractivity contribution < 1.29 is 19.5 Å². The normalized spacial score (nSPS) is 17.2. The van der Waals surface area contributed by atoms with Crippen LogP contribution in [0, 0.1) is 11.8 Å². The minimum absolute atomic E-state index is 0.000465. The van der Waals surface area contributed by atoms with Gasteiger partial charge in [0.25, 0.3) is 0 Å². The molecule has 0 radical (unpaired) electrons. The van der Waals surface area contributed by atoms with Crippen molar-refractivity contribution in [2.45, 2.75) is 19.9 Å². The minimum Gasteiger partial charge on any atom is -0.481 e. The summed E-state index contributed by atoms with van der Waals surface area (Å²) in [6.45, 7) is 3.92. The molecule has 0 aromatic carbocycles. The first kappa shape index (κ1) is 14.4. The maximum Gasteiger partial charge on any atom is 0.310 e. The fourth-order valence-corrected chi connectivity index (χ4v) is 1.53. The molecule has 7 heteroatoms.